The van der Waals surface area contributed by atoms with Crippen LogP contribution < -0.4 is 14.9 Å². The minimum absolute atomic E-state index is 0. The van der Waals surface area contributed by atoms with Gasteiger partial charge in [-0.3, -0.25) is 9.52 Å². The van der Waals surface area contributed by atoms with Crippen molar-refractivity contribution in [2.45, 2.75) is 30.3 Å². The minimum atomic E-state index is -3.72. The summed E-state index contributed by atoms with van der Waals surface area (Å²) in [5.41, 5.74) is 1.95. The normalized spacial score (nSPS) is 17.1. The predicted octanol–water partition coefficient (Wildman–Crippen LogP) is 3.50. The highest BCUT2D eigenvalue weighted by Gasteiger charge is 2.27. The number of carbonyl (C=O) groups excluding carboxylic acids is 1. The second-order valence-electron chi connectivity index (χ2n) is 8.24. The van der Waals surface area contributed by atoms with Gasteiger partial charge in [-0.1, -0.05) is 18.2 Å². The molecule has 1 saturated heterocycles. The second-order valence-corrected chi connectivity index (χ2v) is 10.7. The van der Waals surface area contributed by atoms with Crippen molar-refractivity contribution in [3.8, 4) is 0 Å². The van der Waals surface area contributed by atoms with Gasteiger partial charge in [0.15, 0.2) is 0 Å². The zero-order valence-electron chi connectivity index (χ0n) is 18.5. The number of nitrogens with zero attached hydrogens (tertiary/aromatic N) is 4. The topological polar surface area (TPSA) is 109 Å². The van der Waals surface area contributed by atoms with Gasteiger partial charge in [-0.15, -0.1) is 0 Å². The summed E-state index contributed by atoms with van der Waals surface area (Å²) in [6, 6.07) is 16.5. The summed E-state index contributed by atoms with van der Waals surface area (Å²) in [4.78, 5) is 19.1. The Hall–Kier alpha value is -3.44. The highest BCUT2D eigenvalue weighted by Crippen LogP contribution is 2.25. The Morgan fingerprint density at radius 2 is 1.97 bits per heavy atom. The molecule has 0 spiro atoms. The molecule has 0 bridgehead atoms. The zero-order chi connectivity index (χ0) is 23.7. The molecule has 1 fully saturated rings. The number of benzene rings is 2. The smallest absolute Gasteiger partial charge is 0.263 e. The maximum absolute atomic E-state index is 12.9. The standard InChI is InChI=1S/C23H24N6O3S2.H2/c1-16(29-13-10-17-4-2-3-5-21(17)29)22(30)26-18-11-12-28(14-18)19-6-8-20(9-7-19)34(31,32)27-23-24-15-25-33-23;/h2-10,13,15-16,18H,11-12,14H2,1H3,(H,26,30)(H,24,25,27);1H/t16-,18-;/m0./s1. The number of fused-ring (bicyclic) bond motifs is 1. The van der Waals surface area contributed by atoms with E-state index in [1.165, 1.54) is 6.33 Å². The van der Waals surface area contributed by atoms with Crippen molar-refractivity contribution < 1.29 is 14.6 Å². The monoisotopic (exact) mass is 498 g/mol. The lowest BCUT2D eigenvalue weighted by atomic mass is 10.2. The molecule has 0 unspecified atom stereocenters. The summed E-state index contributed by atoms with van der Waals surface area (Å²) in [5.74, 6) is -0.0163. The molecule has 9 nitrogen and oxygen atoms in total. The molecule has 1 amide bonds. The summed E-state index contributed by atoms with van der Waals surface area (Å²) in [5, 5.41) is 4.51. The van der Waals surface area contributed by atoms with Crippen molar-refractivity contribution in [3.63, 3.8) is 0 Å². The Bertz CT molecular complexity index is 1410. The van der Waals surface area contributed by atoms with E-state index in [2.05, 4.69) is 24.3 Å². The third-order valence-electron chi connectivity index (χ3n) is 6.06. The van der Waals surface area contributed by atoms with Crippen molar-refractivity contribution in [3.05, 3.63) is 67.1 Å². The second kappa shape index (κ2) is 9.07. The van der Waals surface area contributed by atoms with E-state index in [4.69, 9.17) is 0 Å². The van der Waals surface area contributed by atoms with Crippen LogP contribution in [0, 0.1) is 0 Å². The van der Waals surface area contributed by atoms with Gasteiger partial charge in [-0.25, -0.2) is 13.4 Å². The molecule has 34 heavy (non-hydrogen) atoms. The van der Waals surface area contributed by atoms with Crippen LogP contribution in [-0.4, -0.2) is 47.4 Å². The maximum atomic E-state index is 12.9. The van der Waals surface area contributed by atoms with E-state index < -0.39 is 10.0 Å². The van der Waals surface area contributed by atoms with Gasteiger partial charge in [0.2, 0.25) is 11.0 Å². The molecule has 1 aliphatic heterocycles. The minimum Gasteiger partial charge on any atom is -0.369 e. The van der Waals surface area contributed by atoms with Gasteiger partial charge in [-0.05, 0) is 55.1 Å². The van der Waals surface area contributed by atoms with E-state index in [9.17, 15) is 13.2 Å². The number of aromatic nitrogens is 3. The van der Waals surface area contributed by atoms with Crippen LogP contribution in [-0.2, 0) is 14.8 Å². The third kappa shape index (κ3) is 4.48. The SMILES string of the molecule is C[C@@H](C(=O)N[C@H]1CCN(c2ccc(S(=O)(=O)Nc3ncns3)cc2)C1)n1ccc2ccccc21.[HH]. The van der Waals surface area contributed by atoms with Gasteiger partial charge in [-0.2, -0.15) is 4.37 Å². The molecule has 5 rings (SSSR count). The van der Waals surface area contributed by atoms with Gasteiger partial charge in [0.05, 0.1) is 4.90 Å². The van der Waals surface area contributed by atoms with Crippen LogP contribution in [0.3, 0.4) is 0 Å². The van der Waals surface area contributed by atoms with Gasteiger partial charge >= 0.3 is 0 Å². The van der Waals surface area contributed by atoms with Crippen LogP contribution in [0.15, 0.2) is 72.0 Å². The molecule has 4 aromatic rings. The fourth-order valence-electron chi connectivity index (χ4n) is 4.23. The molecule has 3 heterocycles. The quantitative estimate of drug-likeness (QED) is 0.404. The van der Waals surface area contributed by atoms with Gasteiger partial charge in [0.25, 0.3) is 10.0 Å². The van der Waals surface area contributed by atoms with Crippen LogP contribution in [0.5, 0.6) is 0 Å². The van der Waals surface area contributed by atoms with E-state index >= 15 is 0 Å². The molecule has 0 aliphatic carbocycles. The molecule has 0 saturated carbocycles. The summed E-state index contributed by atoms with van der Waals surface area (Å²) < 4.78 is 33.2. The molecule has 2 aromatic carbocycles. The summed E-state index contributed by atoms with van der Waals surface area (Å²) in [6.45, 7) is 3.35. The van der Waals surface area contributed by atoms with E-state index in [1.54, 1.807) is 24.3 Å². The van der Waals surface area contributed by atoms with E-state index in [0.717, 1.165) is 41.1 Å². The molecule has 0 radical (unpaired) electrons. The Labute approximate surface area is 203 Å². The van der Waals surface area contributed by atoms with E-state index in [1.807, 2.05) is 48.0 Å². The lowest BCUT2D eigenvalue weighted by Gasteiger charge is -2.21. The number of rotatable bonds is 7. The van der Waals surface area contributed by atoms with Crippen molar-refractivity contribution in [2.24, 2.45) is 0 Å². The van der Waals surface area contributed by atoms with Crippen molar-refractivity contribution in [1.82, 2.24) is 19.2 Å². The molecule has 2 atom stereocenters. The van der Waals surface area contributed by atoms with Gasteiger partial charge < -0.3 is 14.8 Å². The number of para-hydroxylation sites is 1. The maximum Gasteiger partial charge on any atom is 0.263 e. The van der Waals surface area contributed by atoms with Gasteiger partial charge in [0, 0.05) is 49.5 Å². The molecule has 178 valence electrons. The number of amides is 1. The number of hydrogen-bond donors (Lipinski definition) is 2. The summed E-state index contributed by atoms with van der Waals surface area (Å²) >= 11 is 0.979. The van der Waals surface area contributed by atoms with Gasteiger partial charge in [0.1, 0.15) is 12.4 Å². The highest BCUT2D eigenvalue weighted by molar-refractivity contribution is 7.93. The largest absolute Gasteiger partial charge is 0.369 e. The Morgan fingerprint density at radius 3 is 2.74 bits per heavy atom. The van der Waals surface area contributed by atoms with Crippen LogP contribution in [0.2, 0.25) is 0 Å². The average molecular weight is 499 g/mol. The average Bonchev–Trinajstić information content (AvgIpc) is 3.60. The number of anilines is 2. The van der Waals surface area contributed by atoms with Crippen molar-refractivity contribution in [2.75, 3.05) is 22.7 Å². The first-order valence-corrected chi connectivity index (χ1v) is 13.2. The summed E-state index contributed by atoms with van der Waals surface area (Å²) in [7, 11) is -3.72. The Balaban J connectivity index is 0.00000289. The van der Waals surface area contributed by atoms with E-state index in [-0.39, 0.29) is 29.4 Å². The fraction of sp³-hybridized carbons (Fsp3) is 0.261. The molecular formula is C23H26N6O3S2. The fourth-order valence-corrected chi connectivity index (χ4v) is 5.89. The predicted molar refractivity (Wildman–Crippen MR) is 135 cm³/mol. The Kier molecular flexibility index (Phi) is 5.96. The molecular weight excluding hydrogens is 472 g/mol. The summed E-state index contributed by atoms with van der Waals surface area (Å²) in [6.07, 6.45) is 4.07. The van der Waals surface area contributed by atoms with E-state index in [0.29, 0.717) is 6.54 Å². The van der Waals surface area contributed by atoms with Crippen molar-refractivity contribution in [1.29, 1.82) is 0 Å². The van der Waals surface area contributed by atoms with Crippen LogP contribution >= 0.6 is 11.5 Å². The molecule has 11 heteroatoms. The number of nitrogens with one attached hydrogen (secondary N) is 2. The molecule has 2 N–H and O–H groups in total. The first kappa shape index (κ1) is 22.4. The van der Waals surface area contributed by atoms with Crippen LogP contribution in [0.25, 0.3) is 10.9 Å². The first-order chi connectivity index (χ1) is 16.4. The number of sulfonamides is 1. The lowest BCUT2D eigenvalue weighted by Crippen LogP contribution is -2.40. The van der Waals surface area contributed by atoms with Crippen LogP contribution in [0.1, 0.15) is 20.8 Å². The highest BCUT2D eigenvalue weighted by atomic mass is 32.2. The van der Waals surface area contributed by atoms with Crippen molar-refractivity contribution >= 4 is 49.2 Å². The van der Waals surface area contributed by atoms with Crippen LogP contribution in [0.4, 0.5) is 10.8 Å². The lowest BCUT2D eigenvalue weighted by molar-refractivity contribution is -0.124. The molecule has 2 aromatic heterocycles. The third-order valence-corrected chi connectivity index (χ3v) is 8.12. The number of hydrogen-bond acceptors (Lipinski definition) is 7. The Morgan fingerprint density at radius 1 is 1.18 bits per heavy atom. The first-order valence-electron chi connectivity index (χ1n) is 10.9. The zero-order valence-corrected chi connectivity index (χ0v) is 20.1. The number of carbonyl (C=O) groups is 1. The molecule has 1 aliphatic rings.